The van der Waals surface area contributed by atoms with Crippen molar-refractivity contribution >= 4 is 23.2 Å². The molecule has 0 bridgehead atoms. The second kappa shape index (κ2) is 8.30. The van der Waals surface area contributed by atoms with Gasteiger partial charge >= 0.3 is 5.69 Å². The summed E-state index contributed by atoms with van der Waals surface area (Å²) in [5.41, 5.74) is 7.91. The number of benzene rings is 1. The number of rotatable bonds is 6. The predicted molar refractivity (Wildman–Crippen MR) is 99.0 cm³/mol. The van der Waals surface area contributed by atoms with Gasteiger partial charge in [0, 0.05) is 5.69 Å². The molecule has 1 heterocycles. The Bertz CT molecular complexity index is 890. The second-order valence-corrected chi connectivity index (χ2v) is 6.20. The summed E-state index contributed by atoms with van der Waals surface area (Å²) < 4.78 is 1.23. The first-order valence-corrected chi connectivity index (χ1v) is 8.26. The van der Waals surface area contributed by atoms with E-state index in [1.165, 1.54) is 18.5 Å². The fraction of sp³-hybridized carbons (Fsp3) is 0.353. The quantitative estimate of drug-likeness (QED) is 0.516. The highest BCUT2D eigenvalue weighted by Gasteiger charge is 2.22. The van der Waals surface area contributed by atoms with E-state index in [1.54, 1.807) is 0 Å². The van der Waals surface area contributed by atoms with E-state index in [9.17, 15) is 19.7 Å². The van der Waals surface area contributed by atoms with Crippen LogP contribution in [0.3, 0.4) is 0 Å². The number of nitrogens with zero attached hydrogens (tertiary/aromatic N) is 3. The number of nitrogens with one attached hydrogen (secondary N) is 3. The molecule has 0 aliphatic rings. The number of amides is 2. The van der Waals surface area contributed by atoms with Crippen LogP contribution >= 0.6 is 0 Å². The van der Waals surface area contributed by atoms with E-state index in [4.69, 9.17) is 0 Å². The zero-order valence-electron chi connectivity index (χ0n) is 15.6. The molecule has 10 nitrogen and oxygen atoms in total. The van der Waals surface area contributed by atoms with E-state index in [2.05, 4.69) is 21.3 Å². The first-order chi connectivity index (χ1) is 12.7. The topological polar surface area (TPSA) is 131 Å². The van der Waals surface area contributed by atoms with Gasteiger partial charge in [0.15, 0.2) is 0 Å². The normalized spacial score (nSPS) is 10.4. The average molecular weight is 374 g/mol. The molecule has 2 amide bonds. The Labute approximate surface area is 156 Å². The molecule has 144 valence electrons. The molecule has 10 heteroatoms. The highest BCUT2D eigenvalue weighted by molar-refractivity contribution is 5.84. The summed E-state index contributed by atoms with van der Waals surface area (Å²) in [6, 6.07) is 5.81. The molecule has 0 saturated carbocycles. The average Bonchev–Trinajstić information content (AvgIpc) is 2.85. The molecule has 1 aromatic heterocycles. The minimum absolute atomic E-state index is 0.0183. The minimum atomic E-state index is -0.546. The Balaban J connectivity index is 1.84. The van der Waals surface area contributed by atoms with Gasteiger partial charge in [-0.1, -0.05) is 17.7 Å². The van der Waals surface area contributed by atoms with E-state index < -0.39 is 16.7 Å². The van der Waals surface area contributed by atoms with Gasteiger partial charge in [-0.2, -0.15) is 5.10 Å². The van der Waals surface area contributed by atoms with Gasteiger partial charge in [0.05, 0.1) is 11.5 Å². The van der Waals surface area contributed by atoms with Crippen molar-refractivity contribution in [3.05, 3.63) is 50.8 Å². The van der Waals surface area contributed by atoms with Crippen molar-refractivity contribution in [3.63, 3.8) is 0 Å². The monoisotopic (exact) mass is 374 g/mol. The molecular formula is C17H22N6O4. The fourth-order valence-corrected chi connectivity index (χ4v) is 2.65. The molecule has 0 atom stereocenters. The summed E-state index contributed by atoms with van der Waals surface area (Å²) >= 11 is 0. The fourth-order valence-electron chi connectivity index (χ4n) is 2.65. The summed E-state index contributed by atoms with van der Waals surface area (Å²) in [5.74, 6) is -0.974. The van der Waals surface area contributed by atoms with Gasteiger partial charge in [0.1, 0.15) is 17.9 Å². The first kappa shape index (κ1) is 19.9. The maximum absolute atomic E-state index is 11.9. The van der Waals surface area contributed by atoms with Gasteiger partial charge in [-0.15, -0.1) is 0 Å². The number of aromatic nitrogens is 2. The van der Waals surface area contributed by atoms with Crippen molar-refractivity contribution in [2.24, 2.45) is 0 Å². The van der Waals surface area contributed by atoms with Gasteiger partial charge in [-0.25, -0.2) is 0 Å². The van der Waals surface area contributed by atoms with Gasteiger partial charge in [-0.05, 0) is 39.3 Å². The third kappa shape index (κ3) is 5.03. The smallest absolute Gasteiger partial charge is 0.312 e. The molecule has 0 radical (unpaired) electrons. The first-order valence-electron chi connectivity index (χ1n) is 8.26. The van der Waals surface area contributed by atoms with Gasteiger partial charge in [0.25, 0.3) is 11.8 Å². The van der Waals surface area contributed by atoms with Gasteiger partial charge < -0.3 is 5.32 Å². The zero-order chi connectivity index (χ0) is 20.1. The van der Waals surface area contributed by atoms with Crippen molar-refractivity contribution in [2.45, 2.75) is 34.2 Å². The standard InChI is InChI=1S/C17H22N6O4/c1-10-5-6-14(11(2)7-10)18-8-15(24)19-20-16(25)9-22-13(4)17(23(26)27)12(3)21-22/h5-7,18H,8-9H2,1-4H3,(H,19,24)(H,20,25). The molecule has 3 N–H and O–H groups in total. The van der Waals surface area contributed by atoms with Crippen LogP contribution in [-0.2, 0) is 16.1 Å². The number of carbonyl (C=O) groups excluding carboxylic acids is 2. The molecule has 0 unspecified atom stereocenters. The van der Waals surface area contributed by atoms with Gasteiger partial charge in [0.2, 0.25) is 0 Å². The maximum Gasteiger partial charge on any atom is 0.312 e. The van der Waals surface area contributed by atoms with Gasteiger partial charge in [-0.3, -0.25) is 35.2 Å². The molecule has 0 fully saturated rings. The lowest BCUT2D eigenvalue weighted by Crippen LogP contribution is -2.45. The number of hydrazine groups is 1. The predicted octanol–water partition coefficient (Wildman–Crippen LogP) is 1.28. The number of aryl methyl sites for hydroxylation is 3. The summed E-state index contributed by atoms with van der Waals surface area (Å²) in [6.07, 6.45) is 0. The lowest BCUT2D eigenvalue weighted by Gasteiger charge is -2.11. The van der Waals surface area contributed by atoms with E-state index in [0.717, 1.165) is 16.8 Å². The number of anilines is 1. The lowest BCUT2D eigenvalue weighted by molar-refractivity contribution is -0.386. The number of nitro groups is 1. The van der Waals surface area contributed by atoms with Crippen LogP contribution in [0.4, 0.5) is 11.4 Å². The Hall–Kier alpha value is -3.43. The molecule has 0 aliphatic heterocycles. The molecule has 1 aromatic carbocycles. The summed E-state index contributed by atoms with van der Waals surface area (Å²) in [5, 5.41) is 17.9. The van der Waals surface area contributed by atoms with Crippen LogP contribution in [0.25, 0.3) is 0 Å². The van der Waals surface area contributed by atoms with E-state index in [0.29, 0.717) is 0 Å². The van der Waals surface area contributed by atoms with Crippen LogP contribution in [-0.4, -0.2) is 33.1 Å². The maximum atomic E-state index is 11.9. The zero-order valence-corrected chi connectivity index (χ0v) is 15.6. The molecular weight excluding hydrogens is 352 g/mol. The summed E-state index contributed by atoms with van der Waals surface area (Å²) in [7, 11) is 0. The van der Waals surface area contributed by atoms with Crippen LogP contribution in [0, 0.1) is 37.8 Å². The van der Waals surface area contributed by atoms with Crippen molar-refractivity contribution in [2.75, 3.05) is 11.9 Å². The van der Waals surface area contributed by atoms with Crippen LogP contribution in [0.1, 0.15) is 22.5 Å². The molecule has 0 saturated heterocycles. The highest BCUT2D eigenvalue weighted by atomic mass is 16.6. The van der Waals surface area contributed by atoms with Crippen molar-refractivity contribution in [1.29, 1.82) is 0 Å². The lowest BCUT2D eigenvalue weighted by atomic mass is 10.1. The van der Waals surface area contributed by atoms with Crippen molar-refractivity contribution in [1.82, 2.24) is 20.6 Å². The molecule has 27 heavy (non-hydrogen) atoms. The van der Waals surface area contributed by atoms with Crippen molar-refractivity contribution < 1.29 is 14.5 Å². The van der Waals surface area contributed by atoms with E-state index in [1.807, 2.05) is 32.0 Å². The molecule has 2 aromatic rings. The highest BCUT2D eigenvalue weighted by Crippen LogP contribution is 2.21. The summed E-state index contributed by atoms with van der Waals surface area (Å²) in [6.45, 7) is 6.66. The summed E-state index contributed by atoms with van der Waals surface area (Å²) in [4.78, 5) is 34.3. The van der Waals surface area contributed by atoms with E-state index >= 15 is 0 Å². The van der Waals surface area contributed by atoms with E-state index in [-0.39, 0.29) is 30.2 Å². The minimum Gasteiger partial charge on any atom is -0.376 e. The van der Waals surface area contributed by atoms with Crippen LogP contribution < -0.4 is 16.2 Å². The Morgan fingerprint density at radius 2 is 1.81 bits per heavy atom. The number of hydrogen-bond donors (Lipinski definition) is 3. The number of hydrogen-bond acceptors (Lipinski definition) is 6. The Morgan fingerprint density at radius 1 is 1.15 bits per heavy atom. The van der Waals surface area contributed by atoms with Crippen LogP contribution in [0.5, 0.6) is 0 Å². The second-order valence-electron chi connectivity index (χ2n) is 6.20. The van der Waals surface area contributed by atoms with Crippen molar-refractivity contribution in [3.8, 4) is 0 Å². The molecule has 0 spiro atoms. The van der Waals surface area contributed by atoms with Crippen LogP contribution in [0.2, 0.25) is 0 Å². The SMILES string of the molecule is Cc1ccc(NCC(=O)NNC(=O)Cn2nc(C)c([N+](=O)[O-])c2C)c(C)c1. The Morgan fingerprint density at radius 3 is 2.41 bits per heavy atom. The third-order valence-electron chi connectivity index (χ3n) is 3.98. The molecule has 2 rings (SSSR count). The number of carbonyl (C=O) groups is 2. The third-order valence-corrected chi connectivity index (χ3v) is 3.98. The largest absolute Gasteiger partial charge is 0.376 e. The molecule has 0 aliphatic carbocycles. The van der Waals surface area contributed by atoms with Crippen LogP contribution in [0.15, 0.2) is 18.2 Å². The Kier molecular flexibility index (Phi) is 6.11.